The van der Waals surface area contributed by atoms with Gasteiger partial charge in [0.2, 0.25) is 0 Å². The number of carbonyl (C=O) groups excluding carboxylic acids is 2. The summed E-state index contributed by atoms with van der Waals surface area (Å²) in [7, 11) is 0. The van der Waals surface area contributed by atoms with Gasteiger partial charge in [-0.2, -0.15) is 0 Å². The van der Waals surface area contributed by atoms with Crippen LogP contribution in [0.15, 0.2) is 40.0 Å². The molecule has 2 heterocycles. The predicted molar refractivity (Wildman–Crippen MR) is 67.9 cm³/mol. The molecule has 2 rings (SSSR count). The van der Waals surface area contributed by atoms with Gasteiger partial charge in [-0.1, -0.05) is 6.08 Å². The van der Waals surface area contributed by atoms with E-state index in [1.54, 1.807) is 18.2 Å². The van der Waals surface area contributed by atoms with Gasteiger partial charge in [-0.05, 0) is 31.6 Å². The molecule has 1 aliphatic heterocycles. The molecule has 1 unspecified atom stereocenters. The largest absolute Gasteiger partial charge is 0.461 e. The third kappa shape index (κ3) is 3.03. The Morgan fingerprint density at radius 1 is 1.39 bits per heavy atom. The summed E-state index contributed by atoms with van der Waals surface area (Å²) in [6, 6.07) is 3.41. The Morgan fingerprint density at radius 2 is 2.17 bits per heavy atom. The van der Waals surface area contributed by atoms with Gasteiger partial charge in [-0.3, -0.25) is 14.6 Å². The average Bonchev–Trinajstić information content (AvgIpc) is 2.89. The highest BCUT2D eigenvalue weighted by Crippen LogP contribution is 2.10. The van der Waals surface area contributed by atoms with Crippen LogP contribution in [-0.2, 0) is 4.79 Å². The summed E-state index contributed by atoms with van der Waals surface area (Å²) in [6.45, 7) is 1.96. The van der Waals surface area contributed by atoms with Crippen LogP contribution in [-0.4, -0.2) is 23.3 Å². The highest BCUT2D eigenvalue weighted by molar-refractivity contribution is 6.44. The maximum Gasteiger partial charge on any atom is 0.198 e. The molecule has 0 bridgehead atoms. The van der Waals surface area contributed by atoms with Gasteiger partial charge in [0.05, 0.1) is 12.3 Å². The van der Waals surface area contributed by atoms with E-state index < -0.39 is 0 Å². The van der Waals surface area contributed by atoms with E-state index in [9.17, 15) is 9.59 Å². The van der Waals surface area contributed by atoms with Gasteiger partial charge in [0.25, 0.3) is 0 Å². The maximum atomic E-state index is 11.9. The van der Waals surface area contributed by atoms with E-state index in [-0.39, 0.29) is 30.4 Å². The summed E-state index contributed by atoms with van der Waals surface area (Å²) >= 11 is 0. The average molecular weight is 245 g/mol. The molecular formula is C14H15NO3. The molecule has 0 N–H and O–H groups in total. The molecular weight excluding hydrogens is 230 g/mol. The quantitative estimate of drug-likeness (QED) is 0.749. The van der Waals surface area contributed by atoms with E-state index in [2.05, 4.69) is 4.99 Å². The van der Waals surface area contributed by atoms with Crippen molar-refractivity contribution in [2.24, 2.45) is 4.99 Å². The third-order valence-corrected chi connectivity index (χ3v) is 2.77. The van der Waals surface area contributed by atoms with Crippen molar-refractivity contribution in [1.82, 2.24) is 0 Å². The van der Waals surface area contributed by atoms with Crippen LogP contribution < -0.4 is 0 Å². The molecule has 4 nitrogen and oxygen atoms in total. The molecule has 0 spiro atoms. The molecule has 18 heavy (non-hydrogen) atoms. The standard InChI is InChI=1S/C14H15NO3/c1-10-4-2-5-11(15-10)12(16)7-8-13(17)14-6-3-9-18-14/h2-3,5-6,9-10H,4,7-8H2,1H3. The number of allylic oxidation sites excluding steroid dienone is 1. The highest BCUT2D eigenvalue weighted by Gasteiger charge is 2.16. The van der Waals surface area contributed by atoms with Crippen molar-refractivity contribution >= 4 is 17.3 Å². The monoisotopic (exact) mass is 245 g/mol. The Balaban J connectivity index is 1.89. The van der Waals surface area contributed by atoms with Crippen LogP contribution in [0.5, 0.6) is 0 Å². The van der Waals surface area contributed by atoms with E-state index in [1.807, 2.05) is 13.0 Å². The second-order valence-electron chi connectivity index (χ2n) is 4.33. The Hall–Kier alpha value is -1.97. The summed E-state index contributed by atoms with van der Waals surface area (Å²) in [5.74, 6) is 0.0665. The Bertz CT molecular complexity index is 497. The van der Waals surface area contributed by atoms with Gasteiger partial charge < -0.3 is 4.42 Å². The van der Waals surface area contributed by atoms with Gasteiger partial charge in [0.15, 0.2) is 17.3 Å². The number of hydrogen-bond acceptors (Lipinski definition) is 4. The molecule has 1 aromatic heterocycles. The number of rotatable bonds is 5. The molecule has 0 radical (unpaired) electrons. The highest BCUT2D eigenvalue weighted by atomic mass is 16.3. The van der Waals surface area contributed by atoms with Gasteiger partial charge in [-0.25, -0.2) is 0 Å². The summed E-state index contributed by atoms with van der Waals surface area (Å²) in [6.07, 6.45) is 6.33. The minimum Gasteiger partial charge on any atom is -0.461 e. The molecule has 0 saturated carbocycles. The lowest BCUT2D eigenvalue weighted by atomic mass is 10.0. The fourth-order valence-electron chi connectivity index (χ4n) is 1.79. The molecule has 0 aliphatic carbocycles. The first-order valence-corrected chi connectivity index (χ1v) is 6.01. The lowest BCUT2D eigenvalue weighted by Gasteiger charge is -2.10. The summed E-state index contributed by atoms with van der Waals surface area (Å²) in [4.78, 5) is 27.8. The lowest BCUT2D eigenvalue weighted by molar-refractivity contribution is -0.112. The molecule has 0 amide bonds. The Kier molecular flexibility index (Phi) is 3.87. The van der Waals surface area contributed by atoms with Crippen molar-refractivity contribution in [2.75, 3.05) is 0 Å². The van der Waals surface area contributed by atoms with Crippen LogP contribution in [0.2, 0.25) is 0 Å². The topological polar surface area (TPSA) is 59.6 Å². The third-order valence-electron chi connectivity index (χ3n) is 2.77. The number of ketones is 2. The fourth-order valence-corrected chi connectivity index (χ4v) is 1.79. The van der Waals surface area contributed by atoms with Gasteiger partial charge in [0.1, 0.15) is 5.71 Å². The van der Waals surface area contributed by atoms with Crippen molar-refractivity contribution < 1.29 is 14.0 Å². The number of carbonyl (C=O) groups is 2. The molecule has 1 aliphatic rings. The van der Waals surface area contributed by atoms with Crippen molar-refractivity contribution in [1.29, 1.82) is 0 Å². The van der Waals surface area contributed by atoms with Crippen molar-refractivity contribution in [3.8, 4) is 0 Å². The van der Waals surface area contributed by atoms with Crippen molar-refractivity contribution in [3.05, 3.63) is 36.3 Å². The zero-order chi connectivity index (χ0) is 13.0. The smallest absolute Gasteiger partial charge is 0.198 e. The van der Waals surface area contributed by atoms with Crippen LogP contribution >= 0.6 is 0 Å². The first-order valence-electron chi connectivity index (χ1n) is 6.01. The van der Waals surface area contributed by atoms with Crippen molar-refractivity contribution in [3.63, 3.8) is 0 Å². The number of nitrogens with zero attached hydrogens (tertiary/aromatic N) is 1. The van der Waals surface area contributed by atoms with Crippen LogP contribution in [0, 0.1) is 0 Å². The van der Waals surface area contributed by atoms with Crippen LogP contribution in [0.4, 0.5) is 0 Å². The molecule has 4 heteroatoms. The molecule has 94 valence electrons. The van der Waals surface area contributed by atoms with Crippen molar-refractivity contribution in [2.45, 2.75) is 32.2 Å². The number of hydrogen-bond donors (Lipinski definition) is 0. The molecule has 0 aromatic carbocycles. The molecule has 0 saturated heterocycles. The first kappa shape index (κ1) is 12.5. The normalized spacial score (nSPS) is 18.5. The fraction of sp³-hybridized carbons (Fsp3) is 0.357. The minimum atomic E-state index is -0.151. The zero-order valence-corrected chi connectivity index (χ0v) is 10.3. The maximum absolute atomic E-state index is 11.9. The minimum absolute atomic E-state index is 0.0855. The van der Waals surface area contributed by atoms with Gasteiger partial charge >= 0.3 is 0 Å². The van der Waals surface area contributed by atoms with Gasteiger partial charge in [-0.15, -0.1) is 0 Å². The number of aliphatic imine (C=N–C) groups is 1. The molecule has 1 aromatic rings. The number of Topliss-reactive ketones (excluding diaryl/α,β-unsaturated/α-hetero) is 2. The van der Waals surface area contributed by atoms with Crippen LogP contribution in [0.1, 0.15) is 36.7 Å². The molecule has 1 atom stereocenters. The second kappa shape index (κ2) is 5.58. The van der Waals surface area contributed by atoms with Crippen LogP contribution in [0.3, 0.4) is 0 Å². The zero-order valence-electron chi connectivity index (χ0n) is 10.3. The number of furan rings is 1. The predicted octanol–water partition coefficient (Wildman–Crippen LogP) is 2.60. The Morgan fingerprint density at radius 3 is 2.83 bits per heavy atom. The Labute approximate surface area is 105 Å². The van der Waals surface area contributed by atoms with Crippen LogP contribution in [0.25, 0.3) is 0 Å². The van der Waals surface area contributed by atoms with Gasteiger partial charge in [0, 0.05) is 12.8 Å². The van der Waals surface area contributed by atoms with E-state index in [0.717, 1.165) is 6.42 Å². The molecule has 0 fully saturated rings. The SMILES string of the molecule is CC1CC=CC(C(=O)CCC(=O)c2ccco2)=N1. The van der Waals surface area contributed by atoms with E-state index in [4.69, 9.17) is 4.42 Å². The summed E-state index contributed by atoms with van der Waals surface area (Å²) in [5.41, 5.74) is 0.473. The summed E-state index contributed by atoms with van der Waals surface area (Å²) < 4.78 is 4.99. The van der Waals surface area contributed by atoms with E-state index >= 15 is 0 Å². The van der Waals surface area contributed by atoms with E-state index in [0.29, 0.717) is 11.5 Å². The second-order valence-corrected chi connectivity index (χ2v) is 4.33. The van der Waals surface area contributed by atoms with E-state index in [1.165, 1.54) is 6.26 Å². The first-order chi connectivity index (χ1) is 8.66. The summed E-state index contributed by atoms with van der Waals surface area (Å²) in [5, 5.41) is 0. The number of dihydropyridines is 1. The lowest BCUT2D eigenvalue weighted by Crippen LogP contribution is -2.18.